The summed E-state index contributed by atoms with van der Waals surface area (Å²) in [7, 11) is 0. The maximum atomic E-state index is 5.36. The molecule has 0 radical (unpaired) electrons. The van der Waals surface area contributed by atoms with E-state index in [2.05, 4.69) is 152 Å². The minimum atomic E-state index is 0.583. The summed E-state index contributed by atoms with van der Waals surface area (Å²) < 4.78 is 0. The van der Waals surface area contributed by atoms with Crippen molar-refractivity contribution in [3.05, 3.63) is 230 Å². The fraction of sp³-hybridized carbons (Fsp3) is 0.0179. The Morgan fingerprint density at radius 3 is 1.59 bits per heavy atom. The maximum absolute atomic E-state index is 5.36. The summed E-state index contributed by atoms with van der Waals surface area (Å²) in [6.45, 7) is 5.83. The van der Waals surface area contributed by atoms with Gasteiger partial charge in [-0.1, -0.05) is 176 Å². The van der Waals surface area contributed by atoms with E-state index in [1.165, 1.54) is 0 Å². The fourth-order valence-electron chi connectivity index (χ4n) is 7.56. The van der Waals surface area contributed by atoms with Crippen molar-refractivity contribution in [1.29, 1.82) is 0 Å². The van der Waals surface area contributed by atoms with Gasteiger partial charge < -0.3 is 0 Å². The molecule has 7 aromatic carbocycles. The van der Waals surface area contributed by atoms with Crippen molar-refractivity contribution in [3.63, 3.8) is 0 Å². The molecule has 9 aromatic rings. The first-order valence-corrected chi connectivity index (χ1v) is 20.2. The lowest BCUT2D eigenvalue weighted by Crippen LogP contribution is -1.95. The summed E-state index contributed by atoms with van der Waals surface area (Å²) in [4.78, 5) is 23.7. The Morgan fingerprint density at radius 1 is 0.426 bits per heavy atom. The zero-order chi connectivity index (χ0) is 41.4. The summed E-state index contributed by atoms with van der Waals surface area (Å²) in [5.41, 5.74) is 16.5. The number of hydrogen-bond donors (Lipinski definition) is 0. The van der Waals surface area contributed by atoms with E-state index in [-0.39, 0.29) is 0 Å². The monoisotopic (exact) mass is 783 g/mol. The van der Waals surface area contributed by atoms with Crippen molar-refractivity contribution in [3.8, 4) is 78.4 Å². The van der Waals surface area contributed by atoms with E-state index in [9.17, 15) is 0 Å². The first kappa shape index (κ1) is 38.4. The maximum Gasteiger partial charge on any atom is 0.159 e. The zero-order valence-electron chi connectivity index (χ0n) is 33.7. The highest BCUT2D eigenvalue weighted by Crippen LogP contribution is 2.39. The first-order chi connectivity index (χ1) is 30.1. The number of rotatable bonds is 10. The molecule has 2 aromatic heterocycles. The number of benzene rings is 7. The molecule has 0 bridgehead atoms. The molecular formula is C56H41N5. The van der Waals surface area contributed by atoms with E-state index >= 15 is 0 Å². The van der Waals surface area contributed by atoms with Crippen LogP contribution in [0, 0.1) is 0 Å². The van der Waals surface area contributed by atoms with Crippen LogP contribution in [0.25, 0.3) is 84.0 Å². The number of hydrogen-bond acceptors (Lipinski definition) is 4. The molecule has 0 spiro atoms. The normalized spacial score (nSPS) is 11.6. The molecule has 0 aliphatic rings. The molecule has 0 aliphatic heterocycles. The number of aliphatic imine (C=N–C) groups is 2. The number of amidine groups is 1. The number of pyridine rings is 1. The SMILES string of the molecule is C=NC(=N/C=C(\C)c1cccc(-c2ccccc2-c2cc(-c3ccccc3-c3cccc(-c4cnc(-c5ccccc5)nc4)c3)cc(-c3ccccc3)n2)c1)c1ccccc1. The summed E-state index contributed by atoms with van der Waals surface area (Å²) in [5.74, 6) is 1.29. The summed E-state index contributed by atoms with van der Waals surface area (Å²) in [6, 6.07) is 69.1. The van der Waals surface area contributed by atoms with Crippen molar-refractivity contribution < 1.29 is 0 Å². The van der Waals surface area contributed by atoms with Crippen LogP contribution in [0.3, 0.4) is 0 Å². The second-order valence-electron chi connectivity index (χ2n) is 14.7. The van der Waals surface area contributed by atoms with Gasteiger partial charge in [-0.3, -0.25) is 0 Å². The van der Waals surface area contributed by atoms with Gasteiger partial charge in [-0.05, 0) is 88.0 Å². The van der Waals surface area contributed by atoms with Gasteiger partial charge in [-0.15, -0.1) is 0 Å². The average molecular weight is 784 g/mol. The Bertz CT molecular complexity index is 3030. The van der Waals surface area contributed by atoms with E-state index in [4.69, 9.17) is 19.9 Å². The summed E-state index contributed by atoms with van der Waals surface area (Å²) in [6.07, 6.45) is 5.67. The van der Waals surface area contributed by atoms with Crippen molar-refractivity contribution >= 4 is 18.1 Å². The van der Waals surface area contributed by atoms with Crippen molar-refractivity contribution in [2.75, 3.05) is 0 Å². The van der Waals surface area contributed by atoms with Crippen LogP contribution in [-0.4, -0.2) is 27.5 Å². The highest BCUT2D eigenvalue weighted by atomic mass is 14.9. The molecule has 0 atom stereocenters. The summed E-state index contributed by atoms with van der Waals surface area (Å²) >= 11 is 0. The lowest BCUT2D eigenvalue weighted by Gasteiger charge is -2.16. The van der Waals surface area contributed by atoms with Gasteiger partial charge in [-0.2, -0.15) is 0 Å². The molecule has 0 unspecified atom stereocenters. The quantitative estimate of drug-likeness (QED) is 0.102. The van der Waals surface area contributed by atoms with Crippen molar-refractivity contribution in [1.82, 2.24) is 15.0 Å². The fourth-order valence-corrected chi connectivity index (χ4v) is 7.56. The van der Waals surface area contributed by atoms with E-state index in [0.29, 0.717) is 11.7 Å². The van der Waals surface area contributed by atoms with E-state index in [1.807, 2.05) is 85.3 Å². The molecule has 0 aliphatic carbocycles. The second-order valence-corrected chi connectivity index (χ2v) is 14.7. The minimum Gasteiger partial charge on any atom is -0.248 e. The van der Waals surface area contributed by atoms with Gasteiger partial charge in [0.15, 0.2) is 11.7 Å². The molecule has 290 valence electrons. The lowest BCUT2D eigenvalue weighted by molar-refractivity contribution is 1.18. The Balaban J connectivity index is 1.11. The zero-order valence-corrected chi connectivity index (χ0v) is 33.7. The van der Waals surface area contributed by atoms with E-state index < -0.39 is 0 Å². The van der Waals surface area contributed by atoms with Gasteiger partial charge in [0.1, 0.15) is 0 Å². The van der Waals surface area contributed by atoms with Crippen LogP contribution >= 0.6 is 0 Å². The summed E-state index contributed by atoms with van der Waals surface area (Å²) in [5, 5.41) is 0. The molecule has 0 saturated heterocycles. The molecular weight excluding hydrogens is 743 g/mol. The standard InChI is InChI=1S/C56H41N5/c1-39(36-58-55(57-2)41-20-8-4-9-21-41)43-24-16-26-45(32-43)50-29-14-15-31-52(50)54-35-47(34-53(61-54)40-18-6-3-7-19-40)51-30-13-12-28-49(51)46-27-17-25-44(33-46)48-37-59-56(60-38-48)42-22-10-5-11-23-42/h3-38H,2H2,1H3/b39-36+,58-55?. The molecule has 0 amide bonds. The highest BCUT2D eigenvalue weighted by Gasteiger charge is 2.16. The van der Waals surface area contributed by atoms with Crippen LogP contribution in [0.2, 0.25) is 0 Å². The molecule has 2 heterocycles. The van der Waals surface area contributed by atoms with Gasteiger partial charge in [0.05, 0.1) is 11.4 Å². The molecule has 9 rings (SSSR count). The van der Waals surface area contributed by atoms with Gasteiger partial charge >= 0.3 is 0 Å². The Labute approximate surface area is 356 Å². The van der Waals surface area contributed by atoms with Crippen molar-refractivity contribution in [2.24, 2.45) is 9.98 Å². The Hall–Kier alpha value is -8.15. The number of allylic oxidation sites excluding steroid dienone is 1. The van der Waals surface area contributed by atoms with Crippen LogP contribution in [0.15, 0.2) is 229 Å². The third-order valence-electron chi connectivity index (χ3n) is 10.7. The topological polar surface area (TPSA) is 63.4 Å². The number of nitrogens with zero attached hydrogens (tertiary/aromatic N) is 5. The molecule has 0 fully saturated rings. The number of aromatic nitrogens is 3. The third-order valence-corrected chi connectivity index (χ3v) is 10.7. The Morgan fingerprint density at radius 2 is 0.918 bits per heavy atom. The van der Waals surface area contributed by atoms with Gasteiger partial charge in [0.25, 0.3) is 0 Å². The molecule has 5 nitrogen and oxygen atoms in total. The van der Waals surface area contributed by atoms with Crippen LogP contribution in [-0.2, 0) is 0 Å². The molecule has 0 saturated carbocycles. The van der Waals surface area contributed by atoms with Crippen molar-refractivity contribution in [2.45, 2.75) is 6.92 Å². The predicted molar refractivity (Wildman–Crippen MR) is 254 cm³/mol. The Kier molecular flexibility index (Phi) is 11.2. The van der Waals surface area contributed by atoms with Crippen LogP contribution in [0.4, 0.5) is 0 Å². The molecule has 0 N–H and O–H groups in total. The lowest BCUT2D eigenvalue weighted by atomic mass is 9.90. The second kappa shape index (κ2) is 17.8. The van der Waals surface area contributed by atoms with E-state index in [1.54, 1.807) is 0 Å². The van der Waals surface area contributed by atoms with Gasteiger partial charge in [0.2, 0.25) is 0 Å². The average Bonchev–Trinajstić information content (AvgIpc) is 3.35. The van der Waals surface area contributed by atoms with Crippen LogP contribution < -0.4 is 0 Å². The molecule has 5 heteroatoms. The molecule has 61 heavy (non-hydrogen) atoms. The van der Waals surface area contributed by atoms with E-state index in [0.717, 1.165) is 89.3 Å². The highest BCUT2D eigenvalue weighted by molar-refractivity contribution is 6.02. The largest absolute Gasteiger partial charge is 0.248 e. The van der Waals surface area contributed by atoms with Gasteiger partial charge in [-0.25, -0.2) is 24.9 Å². The smallest absolute Gasteiger partial charge is 0.159 e. The van der Waals surface area contributed by atoms with Gasteiger partial charge in [0, 0.05) is 46.4 Å². The predicted octanol–water partition coefficient (Wildman–Crippen LogP) is 14.0. The first-order valence-electron chi connectivity index (χ1n) is 20.2. The van der Waals surface area contributed by atoms with Crippen LogP contribution in [0.5, 0.6) is 0 Å². The third kappa shape index (κ3) is 8.54. The van der Waals surface area contributed by atoms with Crippen LogP contribution in [0.1, 0.15) is 18.1 Å². The minimum absolute atomic E-state index is 0.583.